The van der Waals surface area contributed by atoms with Gasteiger partial charge >= 0.3 is 0 Å². The van der Waals surface area contributed by atoms with Gasteiger partial charge in [0.15, 0.2) is 0 Å². The first-order chi connectivity index (χ1) is 9.89. The molecule has 1 saturated carbocycles. The molecule has 1 spiro atoms. The number of morpholine rings is 1. The summed E-state index contributed by atoms with van der Waals surface area (Å²) in [6, 6.07) is 5.08. The standard InChI is InChI=1S/C17H23BrFNO/c1-16(2)5-7-17(8-6-16)11-20-10-15(21-17)13-9-12(18)3-4-14(13)19/h3-4,9,15,20H,5-8,10-11H2,1-2H3. The van der Waals surface area contributed by atoms with Crippen LogP contribution in [-0.2, 0) is 4.74 Å². The van der Waals surface area contributed by atoms with Gasteiger partial charge in [-0.05, 0) is 49.3 Å². The van der Waals surface area contributed by atoms with Gasteiger partial charge in [-0.1, -0.05) is 29.8 Å². The lowest BCUT2D eigenvalue weighted by atomic mass is 9.70. The summed E-state index contributed by atoms with van der Waals surface area (Å²) in [7, 11) is 0. The van der Waals surface area contributed by atoms with E-state index in [4.69, 9.17) is 4.74 Å². The highest BCUT2D eigenvalue weighted by molar-refractivity contribution is 9.10. The van der Waals surface area contributed by atoms with E-state index in [0.29, 0.717) is 17.5 Å². The van der Waals surface area contributed by atoms with Crippen LogP contribution in [0.25, 0.3) is 0 Å². The molecule has 1 atom stereocenters. The van der Waals surface area contributed by atoms with Crippen LogP contribution >= 0.6 is 15.9 Å². The van der Waals surface area contributed by atoms with Gasteiger partial charge in [0.25, 0.3) is 0 Å². The summed E-state index contributed by atoms with van der Waals surface area (Å²) in [4.78, 5) is 0. The Morgan fingerprint density at radius 1 is 1.24 bits per heavy atom. The average Bonchev–Trinajstić information content (AvgIpc) is 2.46. The Morgan fingerprint density at radius 3 is 2.67 bits per heavy atom. The highest BCUT2D eigenvalue weighted by Gasteiger charge is 2.43. The number of hydrogen-bond donors (Lipinski definition) is 1. The van der Waals surface area contributed by atoms with Crippen LogP contribution in [0.15, 0.2) is 22.7 Å². The van der Waals surface area contributed by atoms with Crippen molar-refractivity contribution >= 4 is 15.9 Å². The van der Waals surface area contributed by atoms with Crippen LogP contribution < -0.4 is 5.32 Å². The van der Waals surface area contributed by atoms with Crippen molar-refractivity contribution in [1.82, 2.24) is 5.32 Å². The molecule has 0 aromatic heterocycles. The fourth-order valence-electron chi connectivity index (χ4n) is 3.43. The molecule has 0 radical (unpaired) electrons. The average molecular weight is 356 g/mol. The molecular weight excluding hydrogens is 333 g/mol. The topological polar surface area (TPSA) is 21.3 Å². The van der Waals surface area contributed by atoms with Gasteiger partial charge < -0.3 is 10.1 Å². The third-order valence-corrected chi connectivity index (χ3v) is 5.48. The normalized spacial score (nSPS) is 27.7. The molecule has 116 valence electrons. The maximum Gasteiger partial charge on any atom is 0.129 e. The number of rotatable bonds is 1. The van der Waals surface area contributed by atoms with Gasteiger partial charge in [-0.2, -0.15) is 0 Å². The zero-order chi connectivity index (χ0) is 15.1. The molecule has 1 unspecified atom stereocenters. The summed E-state index contributed by atoms with van der Waals surface area (Å²) < 4.78 is 21.4. The van der Waals surface area contributed by atoms with Crippen molar-refractivity contribution in [3.05, 3.63) is 34.1 Å². The van der Waals surface area contributed by atoms with E-state index in [2.05, 4.69) is 35.1 Å². The molecule has 1 N–H and O–H groups in total. The summed E-state index contributed by atoms with van der Waals surface area (Å²) in [5.74, 6) is -0.182. The largest absolute Gasteiger partial charge is 0.364 e. The lowest BCUT2D eigenvalue weighted by Gasteiger charge is -2.48. The van der Waals surface area contributed by atoms with Crippen LogP contribution in [0.3, 0.4) is 0 Å². The monoisotopic (exact) mass is 355 g/mol. The van der Waals surface area contributed by atoms with Gasteiger partial charge in [0, 0.05) is 23.1 Å². The summed E-state index contributed by atoms with van der Waals surface area (Å²) in [5.41, 5.74) is 0.941. The minimum atomic E-state index is -0.197. The first-order valence-electron chi connectivity index (χ1n) is 7.73. The van der Waals surface area contributed by atoms with E-state index >= 15 is 0 Å². The SMILES string of the molecule is CC1(C)CCC2(CC1)CNCC(c1cc(Br)ccc1F)O2. The molecule has 1 aromatic rings. The summed E-state index contributed by atoms with van der Waals surface area (Å²) in [5, 5.41) is 3.46. The van der Waals surface area contributed by atoms with Crippen LogP contribution in [0.5, 0.6) is 0 Å². The molecule has 1 aliphatic carbocycles. The Bertz CT molecular complexity index is 522. The second-order valence-corrected chi connectivity index (χ2v) is 8.17. The Labute approximate surface area is 134 Å². The van der Waals surface area contributed by atoms with E-state index in [1.54, 1.807) is 6.07 Å². The van der Waals surface area contributed by atoms with Crippen molar-refractivity contribution < 1.29 is 9.13 Å². The summed E-state index contributed by atoms with van der Waals surface area (Å²) in [6.07, 6.45) is 4.25. The lowest BCUT2D eigenvalue weighted by molar-refractivity contribution is -0.147. The van der Waals surface area contributed by atoms with Crippen molar-refractivity contribution in [2.24, 2.45) is 5.41 Å². The molecule has 2 aliphatic rings. The van der Waals surface area contributed by atoms with Crippen LogP contribution in [0.2, 0.25) is 0 Å². The zero-order valence-electron chi connectivity index (χ0n) is 12.7. The lowest BCUT2D eigenvalue weighted by Crippen LogP contribution is -2.53. The van der Waals surface area contributed by atoms with Gasteiger partial charge in [-0.3, -0.25) is 0 Å². The van der Waals surface area contributed by atoms with Gasteiger partial charge in [0.2, 0.25) is 0 Å². The minimum absolute atomic E-state index is 0.118. The molecule has 1 saturated heterocycles. The maximum absolute atomic E-state index is 14.1. The molecule has 1 aliphatic heterocycles. The van der Waals surface area contributed by atoms with Crippen molar-refractivity contribution in [3.63, 3.8) is 0 Å². The van der Waals surface area contributed by atoms with E-state index in [1.165, 1.54) is 18.9 Å². The van der Waals surface area contributed by atoms with Crippen LogP contribution in [0.4, 0.5) is 4.39 Å². The van der Waals surface area contributed by atoms with Gasteiger partial charge in [0.1, 0.15) is 5.82 Å². The molecule has 3 rings (SSSR count). The first-order valence-corrected chi connectivity index (χ1v) is 8.52. The summed E-state index contributed by atoms with van der Waals surface area (Å²) in [6.45, 7) is 6.21. The maximum atomic E-state index is 14.1. The van der Waals surface area contributed by atoms with Crippen molar-refractivity contribution in [2.45, 2.75) is 51.2 Å². The third kappa shape index (κ3) is 3.33. The van der Waals surface area contributed by atoms with Gasteiger partial charge in [-0.25, -0.2) is 4.39 Å². The summed E-state index contributed by atoms with van der Waals surface area (Å²) >= 11 is 3.42. The highest BCUT2D eigenvalue weighted by atomic mass is 79.9. The Morgan fingerprint density at radius 2 is 1.95 bits per heavy atom. The van der Waals surface area contributed by atoms with E-state index < -0.39 is 0 Å². The number of hydrogen-bond acceptors (Lipinski definition) is 2. The molecule has 21 heavy (non-hydrogen) atoms. The van der Waals surface area contributed by atoms with Crippen LogP contribution in [0.1, 0.15) is 51.2 Å². The van der Waals surface area contributed by atoms with Crippen LogP contribution in [0, 0.1) is 11.2 Å². The second kappa shape index (κ2) is 5.64. The van der Waals surface area contributed by atoms with Crippen molar-refractivity contribution in [1.29, 1.82) is 0 Å². The van der Waals surface area contributed by atoms with Crippen LogP contribution in [-0.4, -0.2) is 18.7 Å². The van der Waals surface area contributed by atoms with Crippen molar-refractivity contribution in [3.8, 4) is 0 Å². The Kier molecular flexibility index (Phi) is 4.15. The molecular formula is C17H23BrFNO. The first kappa shape index (κ1) is 15.4. The molecule has 0 amide bonds. The number of ether oxygens (including phenoxy) is 1. The number of benzene rings is 1. The predicted molar refractivity (Wildman–Crippen MR) is 85.8 cm³/mol. The number of halogens is 2. The van der Waals surface area contributed by atoms with Crippen molar-refractivity contribution in [2.75, 3.05) is 13.1 Å². The van der Waals surface area contributed by atoms with Gasteiger partial charge in [-0.15, -0.1) is 0 Å². The fourth-order valence-corrected chi connectivity index (χ4v) is 3.81. The van der Waals surface area contributed by atoms with Gasteiger partial charge in [0.05, 0.1) is 11.7 Å². The zero-order valence-corrected chi connectivity index (χ0v) is 14.3. The Balaban J connectivity index is 1.79. The smallest absolute Gasteiger partial charge is 0.129 e. The Hall–Kier alpha value is -0.450. The molecule has 1 aromatic carbocycles. The molecule has 1 heterocycles. The van der Waals surface area contributed by atoms with E-state index in [9.17, 15) is 4.39 Å². The van der Waals surface area contributed by atoms with E-state index in [1.807, 2.05) is 6.07 Å². The highest BCUT2D eigenvalue weighted by Crippen LogP contribution is 2.45. The quantitative estimate of drug-likeness (QED) is 0.795. The minimum Gasteiger partial charge on any atom is -0.364 e. The molecule has 0 bridgehead atoms. The second-order valence-electron chi connectivity index (χ2n) is 7.25. The van der Waals surface area contributed by atoms with E-state index in [0.717, 1.165) is 23.9 Å². The number of nitrogens with one attached hydrogen (secondary N) is 1. The third-order valence-electron chi connectivity index (χ3n) is 4.99. The molecule has 4 heteroatoms. The predicted octanol–water partition coefficient (Wildman–Crippen LogP) is 4.59. The molecule has 2 fully saturated rings. The molecule has 2 nitrogen and oxygen atoms in total. The fraction of sp³-hybridized carbons (Fsp3) is 0.647. The van der Waals surface area contributed by atoms with E-state index in [-0.39, 0.29) is 17.5 Å².